The van der Waals surface area contributed by atoms with E-state index in [9.17, 15) is 4.79 Å². The van der Waals surface area contributed by atoms with E-state index in [-0.39, 0.29) is 5.91 Å². The van der Waals surface area contributed by atoms with E-state index in [2.05, 4.69) is 10.2 Å². The van der Waals surface area contributed by atoms with Crippen LogP contribution in [0.4, 0.5) is 0 Å². The van der Waals surface area contributed by atoms with Gasteiger partial charge in [-0.25, -0.2) is 0 Å². The first kappa shape index (κ1) is 17.2. The highest BCUT2D eigenvalue weighted by Gasteiger charge is 2.04. The number of nitrogens with zero attached hydrogens (tertiary/aromatic N) is 1. The fourth-order valence-corrected chi connectivity index (χ4v) is 1.81. The summed E-state index contributed by atoms with van der Waals surface area (Å²) in [6.45, 7) is 5.90. The van der Waals surface area contributed by atoms with Crippen LogP contribution >= 0.6 is 0 Å². The summed E-state index contributed by atoms with van der Waals surface area (Å²) in [7, 11) is 4.03. The third-order valence-corrected chi connectivity index (χ3v) is 3.03. The van der Waals surface area contributed by atoms with Crippen LogP contribution in [0.5, 0.6) is 5.75 Å². The van der Waals surface area contributed by atoms with Crippen LogP contribution in [0.25, 0.3) is 0 Å². The maximum Gasteiger partial charge on any atom is 0.246 e. The maximum absolute atomic E-state index is 11.8. The van der Waals surface area contributed by atoms with Crippen LogP contribution < -0.4 is 10.1 Å². The van der Waals surface area contributed by atoms with E-state index >= 15 is 0 Å². The monoisotopic (exact) mass is 290 g/mol. The lowest BCUT2D eigenvalue weighted by Crippen LogP contribution is -2.23. The SMILES string of the molecule is CC/C=C(/C)C(=O)NCc1cccc(OCCN(C)C)c1. The van der Waals surface area contributed by atoms with Gasteiger partial charge in [0, 0.05) is 18.7 Å². The lowest BCUT2D eigenvalue weighted by Gasteiger charge is -2.12. The summed E-state index contributed by atoms with van der Waals surface area (Å²) in [6, 6.07) is 7.83. The fourth-order valence-electron chi connectivity index (χ4n) is 1.81. The van der Waals surface area contributed by atoms with Crippen molar-refractivity contribution in [3.05, 3.63) is 41.5 Å². The number of hydrogen-bond donors (Lipinski definition) is 1. The number of likely N-dealkylation sites (N-methyl/N-ethyl adjacent to an activating group) is 1. The average Bonchev–Trinajstić information content (AvgIpc) is 2.45. The maximum atomic E-state index is 11.8. The number of ether oxygens (including phenoxy) is 1. The van der Waals surface area contributed by atoms with E-state index in [0.717, 1.165) is 29.9 Å². The summed E-state index contributed by atoms with van der Waals surface area (Å²) in [5, 5.41) is 2.91. The Bertz CT molecular complexity index is 481. The van der Waals surface area contributed by atoms with Gasteiger partial charge in [0.2, 0.25) is 5.91 Å². The molecule has 0 saturated heterocycles. The molecule has 0 atom stereocenters. The van der Waals surface area contributed by atoms with Gasteiger partial charge in [-0.15, -0.1) is 0 Å². The molecule has 1 amide bonds. The molecule has 116 valence electrons. The van der Waals surface area contributed by atoms with Crippen molar-refractivity contribution in [3.63, 3.8) is 0 Å². The van der Waals surface area contributed by atoms with Gasteiger partial charge in [0.1, 0.15) is 12.4 Å². The molecular weight excluding hydrogens is 264 g/mol. The van der Waals surface area contributed by atoms with Crippen molar-refractivity contribution in [2.24, 2.45) is 0 Å². The van der Waals surface area contributed by atoms with Crippen LogP contribution in [0.3, 0.4) is 0 Å². The number of carbonyl (C=O) groups is 1. The van der Waals surface area contributed by atoms with Gasteiger partial charge in [-0.2, -0.15) is 0 Å². The standard InChI is InChI=1S/C17H26N2O2/c1-5-7-14(2)17(20)18-13-15-8-6-9-16(12-15)21-11-10-19(3)4/h6-9,12H,5,10-11,13H2,1-4H3,(H,18,20)/b14-7-. The molecular formula is C17H26N2O2. The third-order valence-electron chi connectivity index (χ3n) is 3.03. The number of benzene rings is 1. The average molecular weight is 290 g/mol. The van der Waals surface area contributed by atoms with Crippen LogP contribution in [-0.4, -0.2) is 38.1 Å². The minimum absolute atomic E-state index is 0.0178. The second-order valence-corrected chi connectivity index (χ2v) is 5.28. The highest BCUT2D eigenvalue weighted by Crippen LogP contribution is 2.13. The highest BCUT2D eigenvalue weighted by molar-refractivity contribution is 5.92. The molecule has 0 radical (unpaired) electrons. The molecule has 0 heterocycles. The largest absolute Gasteiger partial charge is 0.492 e. The quantitative estimate of drug-likeness (QED) is 0.748. The Morgan fingerprint density at radius 1 is 1.38 bits per heavy atom. The van der Waals surface area contributed by atoms with E-state index in [1.54, 1.807) is 0 Å². The molecule has 0 fully saturated rings. The first-order valence-corrected chi connectivity index (χ1v) is 7.34. The normalized spacial score (nSPS) is 11.6. The zero-order chi connectivity index (χ0) is 15.7. The molecule has 1 rings (SSSR count). The first-order valence-electron chi connectivity index (χ1n) is 7.34. The van der Waals surface area contributed by atoms with Crippen molar-refractivity contribution in [1.82, 2.24) is 10.2 Å². The molecule has 1 aromatic carbocycles. The molecule has 0 saturated carbocycles. The summed E-state index contributed by atoms with van der Waals surface area (Å²) in [6.07, 6.45) is 2.80. The molecule has 1 N–H and O–H groups in total. The Kier molecular flexibility index (Phi) is 7.54. The molecule has 4 nitrogen and oxygen atoms in total. The van der Waals surface area contributed by atoms with Crippen LogP contribution in [0.1, 0.15) is 25.8 Å². The second kappa shape index (κ2) is 9.19. The van der Waals surface area contributed by atoms with Crippen LogP contribution in [0, 0.1) is 0 Å². The van der Waals surface area contributed by atoms with E-state index in [1.807, 2.05) is 58.3 Å². The Morgan fingerprint density at radius 3 is 2.81 bits per heavy atom. The first-order chi connectivity index (χ1) is 10.0. The number of carbonyl (C=O) groups excluding carboxylic acids is 1. The summed E-state index contributed by atoms with van der Waals surface area (Å²) in [5.41, 5.74) is 1.80. The van der Waals surface area contributed by atoms with E-state index in [4.69, 9.17) is 4.74 Å². The van der Waals surface area contributed by atoms with Crippen molar-refractivity contribution < 1.29 is 9.53 Å². The molecule has 0 bridgehead atoms. The molecule has 21 heavy (non-hydrogen) atoms. The van der Waals surface area contributed by atoms with E-state index in [0.29, 0.717) is 13.2 Å². The lowest BCUT2D eigenvalue weighted by atomic mass is 10.2. The van der Waals surface area contributed by atoms with Crippen LogP contribution in [0.2, 0.25) is 0 Å². The molecule has 0 unspecified atom stereocenters. The zero-order valence-corrected chi connectivity index (χ0v) is 13.5. The molecule has 0 aliphatic carbocycles. The van der Waals surface area contributed by atoms with Gasteiger partial charge < -0.3 is 15.0 Å². The van der Waals surface area contributed by atoms with Crippen molar-refractivity contribution in [3.8, 4) is 5.75 Å². The zero-order valence-electron chi connectivity index (χ0n) is 13.5. The molecule has 0 aromatic heterocycles. The summed E-state index contributed by atoms with van der Waals surface area (Å²) in [5.74, 6) is 0.820. The Hall–Kier alpha value is -1.81. The number of nitrogens with one attached hydrogen (secondary N) is 1. The Morgan fingerprint density at radius 2 is 2.14 bits per heavy atom. The second-order valence-electron chi connectivity index (χ2n) is 5.28. The summed E-state index contributed by atoms with van der Waals surface area (Å²) < 4.78 is 5.68. The lowest BCUT2D eigenvalue weighted by molar-refractivity contribution is -0.117. The van der Waals surface area contributed by atoms with Gasteiger partial charge in [-0.3, -0.25) is 4.79 Å². The predicted molar refractivity (Wildman–Crippen MR) is 86.4 cm³/mol. The predicted octanol–water partition coefficient (Wildman–Crippen LogP) is 2.60. The van der Waals surface area contributed by atoms with E-state index in [1.165, 1.54) is 0 Å². The molecule has 0 spiro atoms. The van der Waals surface area contributed by atoms with Gasteiger partial charge in [0.05, 0.1) is 0 Å². The topological polar surface area (TPSA) is 41.6 Å². The molecule has 4 heteroatoms. The van der Waals surface area contributed by atoms with Gasteiger partial charge in [-0.1, -0.05) is 25.1 Å². The smallest absolute Gasteiger partial charge is 0.246 e. The van der Waals surface area contributed by atoms with Crippen LogP contribution in [-0.2, 0) is 11.3 Å². The van der Waals surface area contributed by atoms with Gasteiger partial charge >= 0.3 is 0 Å². The molecule has 1 aromatic rings. The van der Waals surface area contributed by atoms with Crippen molar-refractivity contribution >= 4 is 5.91 Å². The van der Waals surface area contributed by atoms with Crippen LogP contribution in [0.15, 0.2) is 35.9 Å². The molecule has 0 aliphatic rings. The van der Waals surface area contributed by atoms with Gasteiger partial charge in [0.25, 0.3) is 0 Å². The minimum atomic E-state index is -0.0178. The van der Waals surface area contributed by atoms with Gasteiger partial charge in [-0.05, 0) is 45.1 Å². The Balaban J connectivity index is 2.49. The molecule has 0 aliphatic heterocycles. The summed E-state index contributed by atoms with van der Waals surface area (Å²) >= 11 is 0. The summed E-state index contributed by atoms with van der Waals surface area (Å²) in [4.78, 5) is 13.9. The Labute approximate surface area is 127 Å². The minimum Gasteiger partial charge on any atom is -0.492 e. The van der Waals surface area contributed by atoms with Crippen molar-refractivity contribution in [2.45, 2.75) is 26.8 Å². The van der Waals surface area contributed by atoms with E-state index < -0.39 is 0 Å². The third kappa shape index (κ3) is 6.95. The number of rotatable bonds is 8. The number of allylic oxidation sites excluding steroid dienone is 1. The van der Waals surface area contributed by atoms with Crippen molar-refractivity contribution in [1.29, 1.82) is 0 Å². The van der Waals surface area contributed by atoms with Crippen molar-refractivity contribution in [2.75, 3.05) is 27.2 Å². The number of hydrogen-bond acceptors (Lipinski definition) is 3. The highest BCUT2D eigenvalue weighted by atomic mass is 16.5. The number of amides is 1. The van der Waals surface area contributed by atoms with Gasteiger partial charge in [0.15, 0.2) is 0 Å². The fraction of sp³-hybridized carbons (Fsp3) is 0.471.